The van der Waals surface area contributed by atoms with Crippen molar-refractivity contribution < 1.29 is 4.79 Å². The molecule has 80 valence electrons. The fourth-order valence-electron chi connectivity index (χ4n) is 1.14. The molecule has 2 nitrogen and oxygen atoms in total. The topological polar surface area (TPSA) is 20.3 Å². The van der Waals surface area contributed by atoms with Crippen molar-refractivity contribution in [2.24, 2.45) is 0 Å². The number of alkyl halides is 1. The van der Waals surface area contributed by atoms with Gasteiger partial charge in [0.2, 0.25) is 5.91 Å². The third kappa shape index (κ3) is 4.61. The highest BCUT2D eigenvalue weighted by atomic mass is 79.9. The molecule has 0 aromatic carbocycles. The summed E-state index contributed by atoms with van der Waals surface area (Å²) in [5.74, 6) is 0.117. The van der Waals surface area contributed by atoms with Crippen molar-refractivity contribution >= 4 is 21.8 Å². The summed E-state index contributed by atoms with van der Waals surface area (Å²) in [4.78, 5) is 13.5. The second kappa shape index (κ2) is 7.80. The summed E-state index contributed by atoms with van der Waals surface area (Å²) >= 11 is 3.38. The molecule has 0 bridgehead atoms. The molecule has 0 fully saturated rings. The van der Waals surface area contributed by atoms with E-state index >= 15 is 0 Å². The minimum absolute atomic E-state index is 0.0765. The summed E-state index contributed by atoms with van der Waals surface area (Å²) in [6.07, 6.45) is 5.32. The van der Waals surface area contributed by atoms with E-state index in [-0.39, 0.29) is 10.7 Å². The van der Waals surface area contributed by atoms with Crippen molar-refractivity contribution in [3.8, 4) is 0 Å². The molecule has 1 unspecified atom stereocenters. The van der Waals surface area contributed by atoms with Gasteiger partial charge in [-0.1, -0.05) is 41.4 Å². The van der Waals surface area contributed by atoms with Crippen molar-refractivity contribution in [3.63, 3.8) is 0 Å². The average Bonchev–Trinajstić information content (AvgIpc) is 2.17. The van der Waals surface area contributed by atoms with Crippen LogP contribution in [0.15, 0.2) is 25.3 Å². The number of halogens is 1. The summed E-state index contributed by atoms with van der Waals surface area (Å²) < 4.78 is 0. The number of nitrogens with zero attached hydrogens (tertiary/aromatic N) is 1. The van der Waals surface area contributed by atoms with E-state index in [0.717, 1.165) is 12.8 Å². The molecule has 0 aromatic heterocycles. The van der Waals surface area contributed by atoms with Crippen LogP contribution in [-0.2, 0) is 4.79 Å². The van der Waals surface area contributed by atoms with Crippen molar-refractivity contribution in [1.29, 1.82) is 0 Å². The lowest BCUT2D eigenvalue weighted by Crippen LogP contribution is -2.36. The van der Waals surface area contributed by atoms with E-state index in [9.17, 15) is 4.79 Å². The number of carbonyl (C=O) groups is 1. The van der Waals surface area contributed by atoms with Gasteiger partial charge < -0.3 is 4.90 Å². The highest BCUT2D eigenvalue weighted by Crippen LogP contribution is 2.11. The summed E-state index contributed by atoms with van der Waals surface area (Å²) in [5, 5.41) is 0. The van der Waals surface area contributed by atoms with Crippen molar-refractivity contribution in [2.75, 3.05) is 13.1 Å². The molecule has 0 heterocycles. The Morgan fingerprint density at radius 3 is 2.29 bits per heavy atom. The van der Waals surface area contributed by atoms with Crippen LogP contribution in [0.3, 0.4) is 0 Å². The van der Waals surface area contributed by atoms with Crippen molar-refractivity contribution in [2.45, 2.75) is 24.6 Å². The first-order valence-electron chi connectivity index (χ1n) is 4.82. The fraction of sp³-hybridized carbons (Fsp3) is 0.545. The van der Waals surface area contributed by atoms with Gasteiger partial charge in [0.15, 0.2) is 0 Å². The predicted molar refractivity (Wildman–Crippen MR) is 64.6 cm³/mol. The third-order valence-electron chi connectivity index (χ3n) is 1.82. The zero-order valence-electron chi connectivity index (χ0n) is 8.71. The van der Waals surface area contributed by atoms with E-state index in [1.165, 1.54) is 0 Å². The van der Waals surface area contributed by atoms with Gasteiger partial charge in [-0.05, 0) is 6.42 Å². The quantitative estimate of drug-likeness (QED) is 0.509. The van der Waals surface area contributed by atoms with Gasteiger partial charge >= 0.3 is 0 Å². The standard InChI is InChI=1S/C11H18BrNO/c1-4-7-10(12)11(14)13(8-5-2)9-6-3/h5-6,10H,2-4,7-9H2,1H3. The van der Waals surface area contributed by atoms with Crippen molar-refractivity contribution in [1.82, 2.24) is 4.90 Å². The first-order valence-corrected chi connectivity index (χ1v) is 5.73. The van der Waals surface area contributed by atoms with E-state index < -0.39 is 0 Å². The Balaban J connectivity index is 4.25. The van der Waals surface area contributed by atoms with Crippen LogP contribution in [0.1, 0.15) is 19.8 Å². The molecule has 0 aliphatic rings. The Kier molecular flexibility index (Phi) is 7.48. The van der Waals surface area contributed by atoms with E-state index in [0.29, 0.717) is 13.1 Å². The first-order chi connectivity index (χ1) is 6.67. The lowest BCUT2D eigenvalue weighted by atomic mass is 10.2. The summed E-state index contributed by atoms with van der Waals surface area (Å²) in [7, 11) is 0. The van der Waals surface area contributed by atoms with E-state index in [2.05, 4.69) is 36.0 Å². The molecule has 3 heteroatoms. The number of hydrogen-bond acceptors (Lipinski definition) is 1. The molecule has 0 saturated heterocycles. The normalized spacial score (nSPS) is 11.9. The lowest BCUT2D eigenvalue weighted by Gasteiger charge is -2.22. The Bertz CT molecular complexity index is 193. The molecular weight excluding hydrogens is 242 g/mol. The molecule has 0 aliphatic heterocycles. The molecule has 0 saturated carbocycles. The van der Waals surface area contributed by atoms with Crippen LogP contribution in [0.2, 0.25) is 0 Å². The van der Waals surface area contributed by atoms with Crippen LogP contribution in [0, 0.1) is 0 Å². The molecule has 0 aromatic rings. The summed E-state index contributed by atoms with van der Waals surface area (Å²) in [5.41, 5.74) is 0. The smallest absolute Gasteiger partial charge is 0.236 e. The maximum Gasteiger partial charge on any atom is 0.236 e. The number of hydrogen-bond donors (Lipinski definition) is 0. The van der Waals surface area contributed by atoms with Gasteiger partial charge in [-0.15, -0.1) is 13.2 Å². The maximum absolute atomic E-state index is 11.8. The average molecular weight is 260 g/mol. The van der Waals surface area contributed by atoms with E-state index in [1.807, 2.05) is 0 Å². The van der Waals surface area contributed by atoms with E-state index in [1.54, 1.807) is 17.1 Å². The first kappa shape index (κ1) is 13.4. The van der Waals surface area contributed by atoms with Crippen LogP contribution < -0.4 is 0 Å². The summed E-state index contributed by atoms with van der Waals surface area (Å²) in [6, 6.07) is 0. The van der Waals surface area contributed by atoms with Crippen molar-refractivity contribution in [3.05, 3.63) is 25.3 Å². The highest BCUT2D eigenvalue weighted by molar-refractivity contribution is 9.10. The molecule has 1 atom stereocenters. The SMILES string of the molecule is C=CCN(CC=C)C(=O)C(Br)CCC. The fourth-order valence-corrected chi connectivity index (χ4v) is 1.89. The Morgan fingerprint density at radius 1 is 1.43 bits per heavy atom. The number of carbonyl (C=O) groups excluding carboxylic acids is 1. The molecule has 14 heavy (non-hydrogen) atoms. The lowest BCUT2D eigenvalue weighted by molar-refractivity contribution is -0.129. The second-order valence-electron chi connectivity index (χ2n) is 3.08. The van der Waals surface area contributed by atoms with Crippen LogP contribution in [0.25, 0.3) is 0 Å². The Morgan fingerprint density at radius 2 is 1.93 bits per heavy atom. The van der Waals surface area contributed by atoms with Crippen LogP contribution in [-0.4, -0.2) is 28.7 Å². The van der Waals surface area contributed by atoms with Gasteiger partial charge in [0, 0.05) is 13.1 Å². The van der Waals surface area contributed by atoms with Crippen LogP contribution in [0.4, 0.5) is 0 Å². The Labute approximate surface area is 94.8 Å². The van der Waals surface area contributed by atoms with Gasteiger partial charge in [-0.3, -0.25) is 4.79 Å². The van der Waals surface area contributed by atoms with Gasteiger partial charge in [0.25, 0.3) is 0 Å². The summed E-state index contributed by atoms with van der Waals surface area (Å²) in [6.45, 7) is 10.5. The van der Waals surface area contributed by atoms with Gasteiger partial charge in [0.1, 0.15) is 0 Å². The largest absolute Gasteiger partial charge is 0.334 e. The van der Waals surface area contributed by atoms with E-state index in [4.69, 9.17) is 0 Å². The number of rotatable bonds is 7. The van der Waals surface area contributed by atoms with Gasteiger partial charge in [0.05, 0.1) is 4.83 Å². The minimum atomic E-state index is -0.0765. The zero-order valence-corrected chi connectivity index (χ0v) is 10.3. The molecule has 0 spiro atoms. The predicted octanol–water partition coefficient (Wildman–Crippen LogP) is 2.75. The van der Waals surface area contributed by atoms with Gasteiger partial charge in [-0.2, -0.15) is 0 Å². The van der Waals surface area contributed by atoms with Gasteiger partial charge in [-0.25, -0.2) is 0 Å². The minimum Gasteiger partial charge on any atom is -0.334 e. The molecule has 1 amide bonds. The van der Waals surface area contributed by atoms with Crippen LogP contribution in [0.5, 0.6) is 0 Å². The maximum atomic E-state index is 11.8. The molecule has 0 N–H and O–H groups in total. The molecule has 0 radical (unpaired) electrons. The monoisotopic (exact) mass is 259 g/mol. The van der Waals surface area contributed by atoms with Crippen LogP contribution >= 0.6 is 15.9 Å². The highest BCUT2D eigenvalue weighted by Gasteiger charge is 2.18. The number of amides is 1. The Hall–Kier alpha value is -0.570. The molecule has 0 aliphatic carbocycles. The molecule has 0 rings (SSSR count). The molecular formula is C11H18BrNO. The third-order valence-corrected chi connectivity index (χ3v) is 2.67. The second-order valence-corrected chi connectivity index (χ2v) is 4.18. The zero-order chi connectivity index (χ0) is 11.0.